The Balaban J connectivity index is 1.30. The quantitative estimate of drug-likeness (QED) is 0.471. The number of halogens is 1. The summed E-state index contributed by atoms with van der Waals surface area (Å²) in [4.78, 5) is 0. The number of H-pyrrole nitrogens is 1. The summed E-state index contributed by atoms with van der Waals surface area (Å²) < 4.78 is 43.0. The molecule has 0 amide bonds. The minimum absolute atomic E-state index is 0.0556. The molecule has 166 valence electrons. The summed E-state index contributed by atoms with van der Waals surface area (Å²) in [5.41, 5.74) is 3.90. The van der Waals surface area contributed by atoms with Gasteiger partial charge in [0.25, 0.3) is 0 Å². The highest BCUT2D eigenvalue weighted by molar-refractivity contribution is 7.88. The van der Waals surface area contributed by atoms with Crippen molar-refractivity contribution in [3.8, 4) is 11.1 Å². The third kappa shape index (κ3) is 4.08. The van der Waals surface area contributed by atoms with Crippen molar-refractivity contribution >= 4 is 20.9 Å². The zero-order chi connectivity index (χ0) is 22.3. The number of nitrogens with zero attached hydrogens (tertiary/aromatic N) is 3. The van der Waals surface area contributed by atoms with Gasteiger partial charge >= 0.3 is 0 Å². The predicted octanol–water partition coefficient (Wildman–Crippen LogP) is 4.41. The van der Waals surface area contributed by atoms with E-state index in [0.717, 1.165) is 35.0 Å². The molecule has 0 bridgehead atoms. The summed E-state index contributed by atoms with van der Waals surface area (Å²) in [6, 6.07) is 14.1. The number of nitrogens with one attached hydrogen (secondary N) is 1. The van der Waals surface area contributed by atoms with Crippen LogP contribution in [0.2, 0.25) is 0 Å². The van der Waals surface area contributed by atoms with Crippen LogP contribution in [0.4, 0.5) is 4.39 Å². The number of rotatable bonds is 6. The minimum Gasteiger partial charge on any atom is -0.347 e. The Labute approximate surface area is 186 Å². The van der Waals surface area contributed by atoms with E-state index in [4.69, 9.17) is 0 Å². The Bertz CT molecular complexity index is 1330. The maximum Gasteiger partial charge on any atom is 0.218 e. The van der Waals surface area contributed by atoms with Crippen molar-refractivity contribution in [3.05, 3.63) is 78.5 Å². The van der Waals surface area contributed by atoms with Crippen molar-refractivity contribution in [2.75, 3.05) is 6.54 Å². The molecule has 2 unspecified atom stereocenters. The molecule has 0 saturated carbocycles. The van der Waals surface area contributed by atoms with Gasteiger partial charge in [0.1, 0.15) is 5.82 Å². The minimum atomic E-state index is -3.47. The van der Waals surface area contributed by atoms with Crippen molar-refractivity contribution in [2.24, 2.45) is 5.92 Å². The third-order valence-electron chi connectivity index (χ3n) is 6.28. The lowest BCUT2D eigenvalue weighted by Gasteiger charge is -2.21. The van der Waals surface area contributed by atoms with Crippen LogP contribution in [0.5, 0.6) is 0 Å². The molecule has 1 N–H and O–H groups in total. The molecule has 2 aromatic heterocycles. The predicted molar refractivity (Wildman–Crippen MR) is 123 cm³/mol. The van der Waals surface area contributed by atoms with Crippen LogP contribution in [0.25, 0.3) is 22.0 Å². The number of aromatic amines is 1. The Hall–Kier alpha value is -2.97. The standard InChI is InChI=1S/C24H25FN4O2S/c1-17-10-19(15-29(17)32(30,31)16-18-2-5-23(25)6-3-18)14-28-9-8-21-11-20(4-7-24(21)28)22-12-26-27-13-22/h2-9,11-13,17,19H,10,14-16H2,1H3,(H,26,27). The molecule has 1 saturated heterocycles. The van der Waals surface area contributed by atoms with E-state index in [1.807, 2.05) is 13.1 Å². The second-order valence-corrected chi connectivity index (χ2v) is 10.6. The van der Waals surface area contributed by atoms with Crippen LogP contribution in [-0.2, 0) is 22.3 Å². The van der Waals surface area contributed by atoms with Gasteiger partial charge in [-0.25, -0.2) is 12.8 Å². The number of hydrogen-bond acceptors (Lipinski definition) is 3. The maximum absolute atomic E-state index is 13.2. The fourth-order valence-electron chi connectivity index (χ4n) is 4.73. The zero-order valence-corrected chi connectivity index (χ0v) is 18.6. The fraction of sp³-hybridized carbons (Fsp3) is 0.292. The molecule has 1 aliphatic heterocycles. The summed E-state index contributed by atoms with van der Waals surface area (Å²) in [6.45, 7) is 3.23. The average molecular weight is 453 g/mol. The van der Waals surface area contributed by atoms with Crippen molar-refractivity contribution in [1.82, 2.24) is 19.1 Å². The van der Waals surface area contributed by atoms with Gasteiger partial charge < -0.3 is 4.57 Å². The molecule has 2 aromatic carbocycles. The SMILES string of the molecule is CC1CC(Cn2ccc3cc(-c4cn[nH]c4)ccc32)CN1S(=O)(=O)Cc1ccc(F)cc1. The van der Waals surface area contributed by atoms with E-state index in [0.29, 0.717) is 12.1 Å². The van der Waals surface area contributed by atoms with Crippen LogP contribution in [0.1, 0.15) is 18.9 Å². The lowest BCUT2D eigenvalue weighted by molar-refractivity contribution is 0.399. The number of sulfonamides is 1. The van der Waals surface area contributed by atoms with Crippen LogP contribution >= 0.6 is 0 Å². The molecule has 0 aliphatic carbocycles. The second kappa shape index (κ2) is 8.18. The van der Waals surface area contributed by atoms with Crippen molar-refractivity contribution < 1.29 is 12.8 Å². The van der Waals surface area contributed by atoms with Gasteiger partial charge in [0.05, 0.1) is 11.9 Å². The third-order valence-corrected chi connectivity index (χ3v) is 8.20. The largest absolute Gasteiger partial charge is 0.347 e. The molecular formula is C24H25FN4O2S. The smallest absolute Gasteiger partial charge is 0.218 e. The van der Waals surface area contributed by atoms with E-state index < -0.39 is 10.0 Å². The molecule has 5 rings (SSSR count). The Morgan fingerprint density at radius 3 is 2.69 bits per heavy atom. The number of benzene rings is 2. The van der Waals surface area contributed by atoms with Gasteiger partial charge in [-0.2, -0.15) is 9.40 Å². The van der Waals surface area contributed by atoms with Gasteiger partial charge in [-0.3, -0.25) is 5.10 Å². The highest BCUT2D eigenvalue weighted by Gasteiger charge is 2.37. The molecule has 2 atom stereocenters. The van der Waals surface area contributed by atoms with Crippen LogP contribution < -0.4 is 0 Å². The summed E-state index contributed by atoms with van der Waals surface area (Å²) in [5.74, 6) is -0.234. The number of hydrogen-bond donors (Lipinski definition) is 1. The monoisotopic (exact) mass is 452 g/mol. The Kier molecular flexibility index (Phi) is 5.35. The van der Waals surface area contributed by atoms with Crippen molar-refractivity contribution in [1.29, 1.82) is 0 Å². The molecule has 1 aliphatic rings. The first-order chi connectivity index (χ1) is 15.4. The van der Waals surface area contributed by atoms with Gasteiger partial charge in [-0.05, 0) is 60.7 Å². The topological polar surface area (TPSA) is 71.0 Å². The van der Waals surface area contributed by atoms with Crippen LogP contribution in [0.3, 0.4) is 0 Å². The molecule has 4 aromatic rings. The lowest BCUT2D eigenvalue weighted by Crippen LogP contribution is -2.35. The van der Waals surface area contributed by atoms with Gasteiger partial charge in [-0.1, -0.05) is 18.2 Å². The number of fused-ring (bicyclic) bond motifs is 1. The van der Waals surface area contributed by atoms with Gasteiger partial charge in [-0.15, -0.1) is 0 Å². The molecule has 0 spiro atoms. The summed E-state index contributed by atoms with van der Waals surface area (Å²) in [7, 11) is -3.47. The van der Waals surface area contributed by atoms with Crippen molar-refractivity contribution in [3.63, 3.8) is 0 Å². The van der Waals surface area contributed by atoms with Gasteiger partial charge in [0, 0.05) is 48.0 Å². The highest BCUT2D eigenvalue weighted by Crippen LogP contribution is 2.31. The Morgan fingerprint density at radius 2 is 1.94 bits per heavy atom. The Morgan fingerprint density at radius 1 is 1.12 bits per heavy atom. The van der Waals surface area contributed by atoms with E-state index in [-0.39, 0.29) is 23.5 Å². The normalized spacial score (nSPS) is 19.7. The van der Waals surface area contributed by atoms with Gasteiger partial charge in [0.2, 0.25) is 10.0 Å². The zero-order valence-electron chi connectivity index (χ0n) is 17.8. The molecule has 6 nitrogen and oxygen atoms in total. The summed E-state index contributed by atoms with van der Waals surface area (Å²) in [6.07, 6.45) is 6.57. The first-order valence-corrected chi connectivity index (χ1v) is 12.3. The average Bonchev–Trinajstić information content (AvgIpc) is 3.50. The number of aromatic nitrogens is 3. The lowest BCUT2D eigenvalue weighted by atomic mass is 10.1. The first kappa shape index (κ1) is 20.9. The molecule has 3 heterocycles. The van der Waals surface area contributed by atoms with Crippen LogP contribution in [0, 0.1) is 11.7 Å². The van der Waals surface area contributed by atoms with E-state index in [1.165, 1.54) is 24.3 Å². The first-order valence-electron chi connectivity index (χ1n) is 10.7. The van der Waals surface area contributed by atoms with Gasteiger partial charge in [0.15, 0.2) is 0 Å². The van der Waals surface area contributed by atoms with E-state index in [2.05, 4.69) is 45.2 Å². The summed E-state index contributed by atoms with van der Waals surface area (Å²) in [5, 5.41) is 8.01. The van der Waals surface area contributed by atoms with E-state index in [9.17, 15) is 12.8 Å². The molecular weight excluding hydrogens is 427 g/mol. The molecule has 8 heteroatoms. The van der Waals surface area contributed by atoms with Crippen LogP contribution in [0.15, 0.2) is 67.1 Å². The van der Waals surface area contributed by atoms with E-state index in [1.54, 1.807) is 10.5 Å². The van der Waals surface area contributed by atoms with Crippen LogP contribution in [-0.4, -0.2) is 40.1 Å². The summed E-state index contributed by atoms with van der Waals surface area (Å²) >= 11 is 0. The van der Waals surface area contributed by atoms with E-state index >= 15 is 0 Å². The van der Waals surface area contributed by atoms with Crippen molar-refractivity contribution in [2.45, 2.75) is 31.7 Å². The fourth-order valence-corrected chi connectivity index (χ4v) is 6.58. The highest BCUT2D eigenvalue weighted by atomic mass is 32.2. The second-order valence-electron chi connectivity index (χ2n) is 8.63. The molecule has 0 radical (unpaired) electrons. The molecule has 32 heavy (non-hydrogen) atoms. The molecule has 1 fully saturated rings. The maximum atomic E-state index is 13.2.